The van der Waals surface area contributed by atoms with Gasteiger partial charge in [0.1, 0.15) is 19.3 Å². The van der Waals surface area contributed by atoms with Crippen LogP contribution in [0, 0.1) is 0 Å². The van der Waals surface area contributed by atoms with Crippen LogP contribution in [-0.4, -0.2) is 59.7 Å². The van der Waals surface area contributed by atoms with Gasteiger partial charge in [0.2, 0.25) is 5.91 Å². The number of ether oxygens (including phenoxy) is 2. The highest BCUT2D eigenvalue weighted by Crippen LogP contribution is 2.15. The Morgan fingerprint density at radius 2 is 0.782 bits per heavy atom. The summed E-state index contributed by atoms with van der Waals surface area (Å²) >= 11 is 0. The van der Waals surface area contributed by atoms with Crippen LogP contribution < -0.4 is 5.32 Å². The number of aliphatic carboxylic acids is 1. The minimum atomic E-state index is -1.26. The number of carboxylic acid groups (broad SMARTS) is 1. The molecule has 0 aromatic rings. The Balaban J connectivity index is 4.22. The van der Waals surface area contributed by atoms with Crippen LogP contribution in [-0.2, 0) is 38.2 Å². The predicted molar refractivity (Wildman–Crippen MR) is 220 cm³/mol. The summed E-state index contributed by atoms with van der Waals surface area (Å²) in [7, 11) is 0. The first-order chi connectivity index (χ1) is 26.7. The molecule has 0 aromatic heterocycles. The van der Waals surface area contributed by atoms with Gasteiger partial charge in [-0.1, -0.05) is 181 Å². The number of hydrogen-bond acceptors (Lipinski definition) is 8. The largest absolute Gasteiger partial charge is 0.481 e. The van der Waals surface area contributed by atoms with E-state index in [4.69, 9.17) is 14.6 Å². The number of ketones is 2. The van der Waals surface area contributed by atoms with Crippen LogP contribution in [0.25, 0.3) is 0 Å². The summed E-state index contributed by atoms with van der Waals surface area (Å²) in [4.78, 5) is 73.0. The summed E-state index contributed by atoms with van der Waals surface area (Å²) in [5.41, 5.74) is 0. The van der Waals surface area contributed by atoms with E-state index >= 15 is 0 Å². The van der Waals surface area contributed by atoms with Gasteiger partial charge in [-0.15, -0.1) is 0 Å². The van der Waals surface area contributed by atoms with Gasteiger partial charge in [0.05, 0.1) is 6.42 Å². The summed E-state index contributed by atoms with van der Waals surface area (Å²) in [6, 6.07) is -1.26. The average molecular weight is 780 g/mol. The number of hydrogen-bond donors (Lipinski definition) is 2. The van der Waals surface area contributed by atoms with Crippen molar-refractivity contribution in [3.05, 3.63) is 0 Å². The van der Waals surface area contributed by atoms with Crippen LogP contribution in [0.3, 0.4) is 0 Å². The fourth-order valence-electron chi connectivity index (χ4n) is 6.66. The van der Waals surface area contributed by atoms with Crippen molar-refractivity contribution in [1.82, 2.24) is 5.32 Å². The first kappa shape index (κ1) is 52.2. The second kappa shape index (κ2) is 39.5. The zero-order valence-corrected chi connectivity index (χ0v) is 35.2. The highest BCUT2D eigenvalue weighted by Gasteiger charge is 2.25. The molecule has 0 fully saturated rings. The average Bonchev–Trinajstić information content (AvgIpc) is 3.17. The molecule has 320 valence electrons. The number of carbonyl (C=O) groups excluding carboxylic acids is 5. The molecule has 0 aliphatic carbocycles. The minimum Gasteiger partial charge on any atom is -0.481 e. The van der Waals surface area contributed by atoms with Crippen LogP contribution in [0.15, 0.2) is 0 Å². The zero-order valence-electron chi connectivity index (χ0n) is 35.2. The number of Topliss-reactive ketones (excluding diaryl/α,β-unsaturated/α-hetero) is 2. The molecule has 10 nitrogen and oxygen atoms in total. The van der Waals surface area contributed by atoms with Gasteiger partial charge >= 0.3 is 17.9 Å². The molecule has 0 radical (unpaired) electrons. The third kappa shape index (κ3) is 37.9. The molecule has 0 unspecified atom stereocenters. The number of carboxylic acids is 1. The lowest BCUT2D eigenvalue weighted by Gasteiger charge is -2.17. The van der Waals surface area contributed by atoms with E-state index in [2.05, 4.69) is 19.2 Å². The van der Waals surface area contributed by atoms with Crippen LogP contribution in [0.4, 0.5) is 0 Å². The van der Waals surface area contributed by atoms with Gasteiger partial charge in [-0.2, -0.15) is 0 Å². The molecule has 0 saturated heterocycles. The first-order valence-corrected chi connectivity index (χ1v) is 22.6. The molecular weight excluding hydrogens is 698 g/mol. The SMILES string of the molecule is CCCCCCCCCCCCCCCCC(=O)COC(=O)CC[C@H](NC(=O)CCC(=O)O)C(=O)OCC(=O)CCCCCCCCCCCCCCCC. The van der Waals surface area contributed by atoms with Crippen LogP contribution in [0.2, 0.25) is 0 Å². The molecule has 0 aliphatic heterocycles. The fraction of sp³-hybridized carbons (Fsp3) is 0.867. The normalized spacial score (nSPS) is 11.6. The molecule has 0 aromatic carbocycles. The Morgan fingerprint density at radius 1 is 0.436 bits per heavy atom. The van der Waals surface area contributed by atoms with E-state index in [0.29, 0.717) is 19.3 Å². The maximum atomic E-state index is 12.8. The maximum Gasteiger partial charge on any atom is 0.329 e. The first-order valence-electron chi connectivity index (χ1n) is 22.6. The van der Waals surface area contributed by atoms with Crippen LogP contribution in [0.1, 0.15) is 232 Å². The quantitative estimate of drug-likeness (QED) is 0.0455. The molecule has 2 N–H and O–H groups in total. The van der Waals surface area contributed by atoms with E-state index in [0.717, 1.165) is 38.5 Å². The zero-order chi connectivity index (χ0) is 40.6. The summed E-state index contributed by atoms with van der Waals surface area (Å²) in [6.45, 7) is 3.71. The summed E-state index contributed by atoms with van der Waals surface area (Å²) in [5.74, 6) is -3.80. The third-order valence-electron chi connectivity index (χ3n) is 10.2. The van der Waals surface area contributed by atoms with E-state index in [1.807, 2.05) is 0 Å². The smallest absolute Gasteiger partial charge is 0.329 e. The number of nitrogens with one attached hydrogen (secondary N) is 1. The minimum absolute atomic E-state index is 0.164. The molecule has 0 aliphatic rings. The van der Waals surface area contributed by atoms with E-state index in [1.165, 1.54) is 135 Å². The van der Waals surface area contributed by atoms with E-state index in [-0.39, 0.29) is 37.4 Å². The lowest BCUT2D eigenvalue weighted by Crippen LogP contribution is -2.42. The Hall–Kier alpha value is -2.78. The lowest BCUT2D eigenvalue weighted by atomic mass is 10.0. The van der Waals surface area contributed by atoms with E-state index < -0.39 is 42.9 Å². The lowest BCUT2D eigenvalue weighted by molar-refractivity contribution is -0.153. The molecule has 1 atom stereocenters. The molecular formula is C45H81NO9. The summed E-state index contributed by atoms with van der Waals surface area (Å²) < 4.78 is 10.3. The standard InChI is InChI=1S/C45H81NO9/c1-3-5-7-9-11-13-15-17-19-21-23-25-27-29-31-39(47)37-54-44(52)36-33-41(46-42(49)34-35-43(50)51)45(53)55-38-40(48)32-30-28-26-24-22-20-18-16-14-12-10-8-6-4-2/h41H,3-38H2,1-2H3,(H,46,49)(H,50,51)/t41-/m0/s1. The third-order valence-corrected chi connectivity index (χ3v) is 10.2. The maximum absolute atomic E-state index is 12.8. The van der Waals surface area contributed by atoms with Gasteiger partial charge in [0.25, 0.3) is 0 Å². The number of carbonyl (C=O) groups is 6. The van der Waals surface area contributed by atoms with Gasteiger partial charge in [-0.05, 0) is 19.3 Å². The number of amides is 1. The summed E-state index contributed by atoms with van der Waals surface area (Å²) in [5, 5.41) is 11.3. The molecule has 0 bridgehead atoms. The topological polar surface area (TPSA) is 153 Å². The highest BCUT2D eigenvalue weighted by molar-refractivity contribution is 5.88. The number of esters is 2. The van der Waals surface area contributed by atoms with Gasteiger partial charge < -0.3 is 19.9 Å². The number of rotatable bonds is 42. The summed E-state index contributed by atoms with van der Waals surface area (Å²) in [6.07, 6.45) is 33.6. The second-order valence-electron chi connectivity index (χ2n) is 15.6. The molecule has 0 spiro atoms. The van der Waals surface area contributed by atoms with E-state index in [9.17, 15) is 28.8 Å². The fourth-order valence-corrected chi connectivity index (χ4v) is 6.66. The Kier molecular flexibility index (Phi) is 37.5. The Morgan fingerprint density at radius 3 is 1.15 bits per heavy atom. The van der Waals surface area contributed by atoms with Crippen molar-refractivity contribution in [2.45, 2.75) is 238 Å². The van der Waals surface area contributed by atoms with Crippen molar-refractivity contribution < 1.29 is 43.3 Å². The van der Waals surface area contributed by atoms with Gasteiger partial charge in [-0.25, -0.2) is 4.79 Å². The Labute approximate surface area is 334 Å². The van der Waals surface area contributed by atoms with Gasteiger partial charge in [0.15, 0.2) is 11.6 Å². The second-order valence-corrected chi connectivity index (χ2v) is 15.6. The molecule has 0 rings (SSSR count). The molecule has 1 amide bonds. The van der Waals surface area contributed by atoms with Crippen molar-refractivity contribution in [3.8, 4) is 0 Å². The monoisotopic (exact) mass is 780 g/mol. The van der Waals surface area contributed by atoms with Crippen LogP contribution >= 0.6 is 0 Å². The highest BCUT2D eigenvalue weighted by atomic mass is 16.5. The molecule has 55 heavy (non-hydrogen) atoms. The molecule has 0 saturated carbocycles. The van der Waals surface area contributed by atoms with Crippen molar-refractivity contribution >= 4 is 35.4 Å². The van der Waals surface area contributed by atoms with E-state index in [1.54, 1.807) is 0 Å². The van der Waals surface area contributed by atoms with Crippen molar-refractivity contribution in [3.63, 3.8) is 0 Å². The van der Waals surface area contributed by atoms with Crippen molar-refractivity contribution in [2.24, 2.45) is 0 Å². The predicted octanol–water partition coefficient (Wildman–Crippen LogP) is 11.1. The van der Waals surface area contributed by atoms with Crippen molar-refractivity contribution in [2.75, 3.05) is 13.2 Å². The van der Waals surface area contributed by atoms with Gasteiger partial charge in [0, 0.05) is 25.7 Å². The van der Waals surface area contributed by atoms with Crippen LogP contribution in [0.5, 0.6) is 0 Å². The molecule has 0 heterocycles. The molecule has 10 heteroatoms. The van der Waals surface area contributed by atoms with Gasteiger partial charge in [-0.3, -0.25) is 24.0 Å². The van der Waals surface area contributed by atoms with Crippen molar-refractivity contribution in [1.29, 1.82) is 0 Å². The number of unbranched alkanes of at least 4 members (excludes halogenated alkanes) is 26. The Bertz CT molecular complexity index is 999.